The summed E-state index contributed by atoms with van der Waals surface area (Å²) in [6.45, 7) is 3.27. The van der Waals surface area contributed by atoms with E-state index >= 15 is 0 Å². The number of aryl methyl sites for hydroxylation is 1. The van der Waals surface area contributed by atoms with Crippen LogP contribution in [0.5, 0.6) is 0 Å². The van der Waals surface area contributed by atoms with Crippen LogP contribution in [0.4, 0.5) is 5.69 Å². The Morgan fingerprint density at radius 1 is 1.03 bits per heavy atom. The highest BCUT2D eigenvalue weighted by Gasteiger charge is 2.18. The van der Waals surface area contributed by atoms with Gasteiger partial charge in [0.05, 0.1) is 13.2 Å². The highest BCUT2D eigenvalue weighted by Crippen LogP contribution is 2.25. The molecule has 1 aromatic heterocycles. The van der Waals surface area contributed by atoms with Gasteiger partial charge >= 0.3 is 0 Å². The predicted molar refractivity (Wildman–Crippen MR) is 108 cm³/mol. The molecule has 1 fully saturated rings. The van der Waals surface area contributed by atoms with Gasteiger partial charge in [-0.2, -0.15) is 0 Å². The van der Waals surface area contributed by atoms with Gasteiger partial charge in [-0.3, -0.25) is 9.59 Å². The Balaban J connectivity index is 1.37. The highest BCUT2D eigenvalue weighted by atomic mass is 16.5. The maximum absolute atomic E-state index is 12.3. The summed E-state index contributed by atoms with van der Waals surface area (Å²) >= 11 is 0. The van der Waals surface area contributed by atoms with E-state index in [0.29, 0.717) is 32.0 Å². The number of amides is 2. The molecule has 2 amide bonds. The van der Waals surface area contributed by atoms with E-state index < -0.39 is 0 Å². The number of ether oxygens (including phenoxy) is 1. The Hall–Kier alpha value is -2.74. The maximum Gasteiger partial charge on any atom is 0.224 e. The summed E-state index contributed by atoms with van der Waals surface area (Å²) in [5.74, 6) is 1.72. The summed E-state index contributed by atoms with van der Waals surface area (Å²) in [6, 6.07) is 7.66. The van der Waals surface area contributed by atoms with E-state index in [0.717, 1.165) is 43.0 Å². The molecule has 8 heteroatoms. The zero-order valence-electron chi connectivity index (χ0n) is 16.6. The molecule has 1 saturated heterocycles. The van der Waals surface area contributed by atoms with E-state index in [1.54, 1.807) is 4.90 Å². The molecule has 3 heterocycles. The number of benzene rings is 1. The number of rotatable bonds is 5. The topological polar surface area (TPSA) is 89.3 Å². The van der Waals surface area contributed by atoms with Crippen LogP contribution in [0.15, 0.2) is 24.3 Å². The van der Waals surface area contributed by atoms with Crippen LogP contribution >= 0.6 is 0 Å². The Morgan fingerprint density at radius 3 is 2.76 bits per heavy atom. The van der Waals surface area contributed by atoms with E-state index in [2.05, 4.69) is 20.1 Å². The fourth-order valence-electron chi connectivity index (χ4n) is 3.85. The van der Waals surface area contributed by atoms with Crippen LogP contribution in [0.1, 0.15) is 37.9 Å². The minimum absolute atomic E-state index is 0.00311. The fraction of sp³-hybridized carbons (Fsp3) is 0.524. The molecular formula is C21H27N5O3. The summed E-state index contributed by atoms with van der Waals surface area (Å²) in [5, 5.41) is 11.6. The first kappa shape index (κ1) is 19.6. The lowest BCUT2D eigenvalue weighted by Crippen LogP contribution is -2.40. The van der Waals surface area contributed by atoms with Crippen molar-refractivity contribution in [1.29, 1.82) is 0 Å². The number of anilines is 1. The molecule has 2 aliphatic heterocycles. The second-order valence-electron chi connectivity index (χ2n) is 7.52. The van der Waals surface area contributed by atoms with Crippen molar-refractivity contribution in [3.05, 3.63) is 30.1 Å². The van der Waals surface area contributed by atoms with Gasteiger partial charge in [-0.1, -0.05) is 18.6 Å². The highest BCUT2D eigenvalue weighted by molar-refractivity contribution is 5.93. The van der Waals surface area contributed by atoms with Crippen molar-refractivity contribution < 1.29 is 14.3 Å². The number of hydrogen-bond acceptors (Lipinski definition) is 5. The summed E-state index contributed by atoms with van der Waals surface area (Å²) in [4.78, 5) is 26.3. The third-order valence-corrected chi connectivity index (χ3v) is 5.44. The van der Waals surface area contributed by atoms with E-state index in [-0.39, 0.29) is 24.7 Å². The monoisotopic (exact) mass is 397 g/mol. The van der Waals surface area contributed by atoms with Gasteiger partial charge in [0.15, 0.2) is 5.82 Å². The first-order valence-corrected chi connectivity index (χ1v) is 10.4. The molecule has 1 N–H and O–H groups in total. The van der Waals surface area contributed by atoms with Crippen LogP contribution in [0.2, 0.25) is 0 Å². The van der Waals surface area contributed by atoms with Crippen LogP contribution in [0.3, 0.4) is 0 Å². The first-order chi connectivity index (χ1) is 14.2. The van der Waals surface area contributed by atoms with Gasteiger partial charge in [0, 0.05) is 50.1 Å². The predicted octanol–water partition coefficient (Wildman–Crippen LogP) is 2.25. The second-order valence-corrected chi connectivity index (χ2v) is 7.52. The van der Waals surface area contributed by atoms with Crippen molar-refractivity contribution in [2.45, 2.75) is 45.1 Å². The van der Waals surface area contributed by atoms with Crippen LogP contribution in [0.25, 0.3) is 11.4 Å². The molecular weight excluding hydrogens is 370 g/mol. The molecule has 29 heavy (non-hydrogen) atoms. The molecule has 0 aliphatic carbocycles. The van der Waals surface area contributed by atoms with Gasteiger partial charge in [-0.05, 0) is 25.0 Å². The summed E-state index contributed by atoms with van der Waals surface area (Å²) in [6.07, 6.45) is 4.83. The Bertz CT molecular complexity index is 873. The first-order valence-electron chi connectivity index (χ1n) is 10.4. The maximum atomic E-state index is 12.3. The molecule has 0 radical (unpaired) electrons. The molecule has 4 rings (SSSR count). The molecule has 0 bridgehead atoms. The lowest BCUT2D eigenvalue weighted by molar-refractivity contribution is -0.136. The number of fused-ring (bicyclic) bond motifs is 1. The second kappa shape index (κ2) is 9.17. The number of nitrogens with zero attached hydrogens (tertiary/aromatic N) is 4. The summed E-state index contributed by atoms with van der Waals surface area (Å²) in [5.41, 5.74) is 1.64. The number of aromatic nitrogens is 3. The molecule has 0 atom stereocenters. The van der Waals surface area contributed by atoms with Gasteiger partial charge in [0.25, 0.3) is 0 Å². The third-order valence-electron chi connectivity index (χ3n) is 5.44. The average molecular weight is 397 g/mol. The Kier molecular flexibility index (Phi) is 6.19. The van der Waals surface area contributed by atoms with Crippen molar-refractivity contribution in [3.8, 4) is 11.4 Å². The van der Waals surface area contributed by atoms with Gasteiger partial charge in [0.2, 0.25) is 11.8 Å². The van der Waals surface area contributed by atoms with Crippen molar-refractivity contribution in [1.82, 2.24) is 19.7 Å². The number of carbonyl (C=O) groups excluding carboxylic acids is 2. The zero-order chi connectivity index (χ0) is 20.1. The Morgan fingerprint density at radius 2 is 1.90 bits per heavy atom. The third kappa shape index (κ3) is 4.82. The number of carbonyl (C=O) groups is 2. The molecule has 154 valence electrons. The average Bonchev–Trinajstić information content (AvgIpc) is 3.01. The van der Waals surface area contributed by atoms with Gasteiger partial charge < -0.3 is 19.5 Å². The summed E-state index contributed by atoms with van der Waals surface area (Å²) in [7, 11) is 0. The standard InChI is InChI=1S/C21H27N5O3/c27-19(8-9-20(28)25-11-13-29-14-12-25)22-17-6-4-5-16(15-17)21-24-23-18-7-2-1-3-10-26(18)21/h4-6,15H,1-3,7-14H2,(H,22,27). The molecule has 0 saturated carbocycles. The van der Waals surface area contributed by atoms with Crippen molar-refractivity contribution in [2.24, 2.45) is 0 Å². The molecule has 2 aromatic rings. The summed E-state index contributed by atoms with van der Waals surface area (Å²) < 4.78 is 7.44. The lowest BCUT2D eigenvalue weighted by Gasteiger charge is -2.26. The van der Waals surface area contributed by atoms with Gasteiger partial charge in [-0.25, -0.2) is 0 Å². The SMILES string of the molecule is O=C(CCC(=O)N1CCOCC1)Nc1cccc(-c2nnc3n2CCCCC3)c1. The molecule has 2 aliphatic rings. The van der Waals surface area contributed by atoms with Crippen LogP contribution in [-0.2, 0) is 27.3 Å². The normalized spacial score (nSPS) is 16.8. The van der Waals surface area contributed by atoms with Crippen molar-refractivity contribution >= 4 is 17.5 Å². The number of morpholine rings is 1. The van der Waals surface area contributed by atoms with Crippen LogP contribution in [-0.4, -0.2) is 57.8 Å². The van der Waals surface area contributed by atoms with Gasteiger partial charge in [0.1, 0.15) is 5.82 Å². The zero-order valence-corrected chi connectivity index (χ0v) is 16.6. The fourth-order valence-corrected chi connectivity index (χ4v) is 3.85. The van der Waals surface area contributed by atoms with E-state index in [1.165, 1.54) is 6.42 Å². The molecule has 0 unspecified atom stereocenters. The van der Waals surface area contributed by atoms with Crippen LogP contribution in [0, 0.1) is 0 Å². The minimum atomic E-state index is -0.163. The van der Waals surface area contributed by atoms with E-state index in [4.69, 9.17) is 4.74 Å². The number of nitrogens with one attached hydrogen (secondary N) is 1. The van der Waals surface area contributed by atoms with Crippen molar-refractivity contribution in [3.63, 3.8) is 0 Å². The minimum Gasteiger partial charge on any atom is -0.378 e. The van der Waals surface area contributed by atoms with Crippen LogP contribution < -0.4 is 5.32 Å². The van der Waals surface area contributed by atoms with Gasteiger partial charge in [-0.15, -0.1) is 10.2 Å². The molecule has 0 spiro atoms. The van der Waals surface area contributed by atoms with Crippen molar-refractivity contribution in [2.75, 3.05) is 31.6 Å². The largest absolute Gasteiger partial charge is 0.378 e. The van der Waals surface area contributed by atoms with E-state index in [9.17, 15) is 9.59 Å². The van der Waals surface area contributed by atoms with E-state index in [1.807, 2.05) is 24.3 Å². The quantitative estimate of drug-likeness (QED) is 0.836. The molecule has 8 nitrogen and oxygen atoms in total. The Labute approximate surface area is 170 Å². The number of hydrogen-bond donors (Lipinski definition) is 1. The molecule has 1 aromatic carbocycles. The lowest BCUT2D eigenvalue weighted by atomic mass is 10.1. The smallest absolute Gasteiger partial charge is 0.224 e.